The van der Waals surface area contributed by atoms with Crippen LogP contribution in [0.1, 0.15) is 18.3 Å². The summed E-state index contributed by atoms with van der Waals surface area (Å²) in [6, 6.07) is 5.18. The summed E-state index contributed by atoms with van der Waals surface area (Å²) in [5, 5.41) is 3.10. The number of anilines is 1. The van der Waals surface area contributed by atoms with E-state index in [0.717, 1.165) is 5.56 Å². The van der Waals surface area contributed by atoms with Crippen molar-refractivity contribution in [2.24, 2.45) is 0 Å². The van der Waals surface area contributed by atoms with Crippen molar-refractivity contribution >= 4 is 5.82 Å². The van der Waals surface area contributed by atoms with Crippen molar-refractivity contribution < 1.29 is 4.74 Å². The number of ether oxygens (including phenoxy) is 1. The number of aromatic amines is 1. The van der Waals surface area contributed by atoms with Crippen LogP contribution in [0.15, 0.2) is 29.2 Å². The first-order valence-electron chi connectivity index (χ1n) is 6.05. The normalized spacial score (nSPS) is 10.2. The molecule has 0 aliphatic carbocycles. The molecular weight excluding hydrogens is 244 g/mol. The van der Waals surface area contributed by atoms with Gasteiger partial charge in [-0.2, -0.15) is 0 Å². The van der Waals surface area contributed by atoms with Crippen molar-refractivity contribution in [3.8, 4) is 5.88 Å². The van der Waals surface area contributed by atoms with E-state index in [9.17, 15) is 4.79 Å². The first-order valence-corrected chi connectivity index (χ1v) is 6.05. The lowest BCUT2D eigenvalue weighted by atomic mass is 10.2. The number of nitrogens with one attached hydrogen (secondary N) is 2. The minimum Gasteiger partial charge on any atom is -0.481 e. The topological polar surface area (TPSA) is 79.9 Å². The van der Waals surface area contributed by atoms with Crippen molar-refractivity contribution in [3.63, 3.8) is 0 Å². The Hall–Kier alpha value is -2.37. The maximum Gasteiger partial charge on any atom is 0.252 e. The smallest absolute Gasteiger partial charge is 0.252 e. The molecule has 0 unspecified atom stereocenters. The lowest BCUT2D eigenvalue weighted by Gasteiger charge is -2.09. The number of hydrogen-bond donors (Lipinski definition) is 2. The molecule has 2 aromatic heterocycles. The van der Waals surface area contributed by atoms with E-state index in [0.29, 0.717) is 30.5 Å². The van der Waals surface area contributed by atoms with Crippen LogP contribution >= 0.6 is 0 Å². The van der Waals surface area contributed by atoms with Gasteiger partial charge in [-0.15, -0.1) is 0 Å². The van der Waals surface area contributed by atoms with Gasteiger partial charge in [0.05, 0.1) is 7.11 Å². The monoisotopic (exact) mass is 260 g/mol. The second kappa shape index (κ2) is 5.99. The lowest BCUT2D eigenvalue weighted by molar-refractivity contribution is 0.393. The fourth-order valence-electron chi connectivity index (χ4n) is 1.69. The molecule has 0 fully saturated rings. The van der Waals surface area contributed by atoms with Gasteiger partial charge in [0.25, 0.3) is 5.56 Å². The summed E-state index contributed by atoms with van der Waals surface area (Å²) in [6.07, 6.45) is 2.35. The summed E-state index contributed by atoms with van der Waals surface area (Å²) in [5.74, 6) is 1.77. The lowest BCUT2D eigenvalue weighted by Crippen LogP contribution is -2.13. The summed E-state index contributed by atoms with van der Waals surface area (Å²) >= 11 is 0. The van der Waals surface area contributed by atoms with Gasteiger partial charge >= 0.3 is 0 Å². The van der Waals surface area contributed by atoms with Crippen LogP contribution < -0.4 is 15.6 Å². The van der Waals surface area contributed by atoms with Gasteiger partial charge in [-0.05, 0) is 6.07 Å². The predicted molar refractivity (Wildman–Crippen MR) is 72.4 cm³/mol. The van der Waals surface area contributed by atoms with E-state index in [1.54, 1.807) is 13.3 Å². The molecule has 2 rings (SSSR count). The molecule has 0 aliphatic rings. The summed E-state index contributed by atoms with van der Waals surface area (Å²) in [4.78, 5) is 22.5. The molecule has 0 aromatic carbocycles. The molecule has 6 nitrogen and oxygen atoms in total. The standard InChI is InChI=1S/C13H16N4O2/c1-3-10-16-11(7-12(18)17-10)15-8-9-5-4-6-14-13(9)19-2/h4-7H,3,8H2,1-2H3,(H2,15,16,17,18). The zero-order valence-electron chi connectivity index (χ0n) is 10.9. The maximum atomic E-state index is 11.4. The van der Waals surface area contributed by atoms with Crippen molar-refractivity contribution in [3.05, 3.63) is 46.1 Å². The van der Waals surface area contributed by atoms with Crippen molar-refractivity contribution in [2.75, 3.05) is 12.4 Å². The molecule has 19 heavy (non-hydrogen) atoms. The van der Waals surface area contributed by atoms with Gasteiger partial charge in [0.15, 0.2) is 0 Å². The highest BCUT2D eigenvalue weighted by atomic mass is 16.5. The molecule has 2 N–H and O–H groups in total. The zero-order chi connectivity index (χ0) is 13.7. The van der Waals surface area contributed by atoms with E-state index < -0.39 is 0 Å². The fourth-order valence-corrected chi connectivity index (χ4v) is 1.69. The molecule has 0 saturated heterocycles. The van der Waals surface area contributed by atoms with Crippen molar-refractivity contribution in [1.29, 1.82) is 0 Å². The predicted octanol–water partition coefficient (Wildman–Crippen LogP) is 1.35. The number of H-pyrrole nitrogens is 1. The van der Waals surface area contributed by atoms with Gasteiger partial charge in [-0.3, -0.25) is 4.79 Å². The molecule has 0 saturated carbocycles. The number of hydrogen-bond acceptors (Lipinski definition) is 5. The summed E-state index contributed by atoms with van der Waals surface area (Å²) < 4.78 is 5.16. The van der Waals surface area contributed by atoms with E-state index in [4.69, 9.17) is 4.74 Å². The van der Waals surface area contributed by atoms with Crippen LogP contribution in [0.25, 0.3) is 0 Å². The Balaban J connectivity index is 2.14. The Kier molecular flexibility index (Phi) is 4.12. The maximum absolute atomic E-state index is 11.4. The number of nitrogens with zero attached hydrogens (tertiary/aromatic N) is 2. The third-order valence-corrected chi connectivity index (χ3v) is 2.63. The van der Waals surface area contributed by atoms with Crippen LogP contribution in [0.5, 0.6) is 5.88 Å². The average molecular weight is 260 g/mol. The van der Waals surface area contributed by atoms with E-state index in [-0.39, 0.29) is 5.56 Å². The first kappa shape index (κ1) is 13.1. The average Bonchev–Trinajstić information content (AvgIpc) is 2.44. The molecule has 0 spiro atoms. The largest absolute Gasteiger partial charge is 0.481 e. The third-order valence-electron chi connectivity index (χ3n) is 2.63. The van der Waals surface area contributed by atoms with Gasteiger partial charge in [-0.25, -0.2) is 9.97 Å². The molecule has 0 amide bonds. The number of rotatable bonds is 5. The van der Waals surface area contributed by atoms with Gasteiger partial charge in [0, 0.05) is 30.8 Å². The minimum atomic E-state index is -0.160. The van der Waals surface area contributed by atoms with Crippen LogP contribution in [0.3, 0.4) is 0 Å². The van der Waals surface area contributed by atoms with Crippen molar-refractivity contribution in [1.82, 2.24) is 15.0 Å². The highest BCUT2D eigenvalue weighted by molar-refractivity contribution is 5.36. The van der Waals surface area contributed by atoms with Gasteiger partial charge < -0.3 is 15.0 Å². The van der Waals surface area contributed by atoms with Gasteiger partial charge in [0.2, 0.25) is 5.88 Å². The van der Waals surface area contributed by atoms with Crippen LogP contribution in [0, 0.1) is 0 Å². The zero-order valence-corrected chi connectivity index (χ0v) is 10.9. The highest BCUT2D eigenvalue weighted by Crippen LogP contribution is 2.14. The SMILES string of the molecule is CCc1nc(NCc2cccnc2OC)cc(=O)[nH]1. The molecule has 0 radical (unpaired) electrons. The van der Waals surface area contributed by atoms with Crippen LogP contribution in [0.4, 0.5) is 5.82 Å². The second-order valence-electron chi connectivity index (χ2n) is 3.96. The molecule has 6 heteroatoms. The number of aromatic nitrogens is 3. The third kappa shape index (κ3) is 3.31. The Morgan fingerprint density at radius 1 is 1.47 bits per heavy atom. The van der Waals surface area contributed by atoms with E-state index in [2.05, 4.69) is 20.3 Å². The Morgan fingerprint density at radius 3 is 3.05 bits per heavy atom. The Labute approximate surface area is 110 Å². The highest BCUT2D eigenvalue weighted by Gasteiger charge is 2.04. The van der Waals surface area contributed by atoms with Crippen LogP contribution in [-0.4, -0.2) is 22.1 Å². The molecule has 0 aliphatic heterocycles. The summed E-state index contributed by atoms with van der Waals surface area (Å²) in [7, 11) is 1.58. The first-order chi connectivity index (χ1) is 9.22. The number of aryl methyl sites for hydroxylation is 1. The van der Waals surface area contributed by atoms with E-state index >= 15 is 0 Å². The molecule has 0 bridgehead atoms. The number of pyridine rings is 1. The number of methoxy groups -OCH3 is 1. The molecule has 0 atom stereocenters. The minimum absolute atomic E-state index is 0.160. The fraction of sp³-hybridized carbons (Fsp3) is 0.308. The summed E-state index contributed by atoms with van der Waals surface area (Å²) in [5.41, 5.74) is 0.748. The van der Waals surface area contributed by atoms with Crippen molar-refractivity contribution in [2.45, 2.75) is 19.9 Å². The van der Waals surface area contributed by atoms with Gasteiger partial charge in [-0.1, -0.05) is 13.0 Å². The van der Waals surface area contributed by atoms with Crippen LogP contribution in [-0.2, 0) is 13.0 Å². The quantitative estimate of drug-likeness (QED) is 0.848. The molecule has 100 valence electrons. The van der Waals surface area contributed by atoms with E-state index in [1.165, 1.54) is 6.07 Å². The van der Waals surface area contributed by atoms with Crippen LogP contribution in [0.2, 0.25) is 0 Å². The molecule has 2 aromatic rings. The van der Waals surface area contributed by atoms with E-state index in [1.807, 2.05) is 19.1 Å². The van der Waals surface area contributed by atoms with Gasteiger partial charge in [0.1, 0.15) is 11.6 Å². The summed E-state index contributed by atoms with van der Waals surface area (Å²) in [6.45, 7) is 2.43. The molecular formula is C13H16N4O2. The Morgan fingerprint density at radius 2 is 2.32 bits per heavy atom. The molecule has 2 heterocycles. The Bertz CT molecular complexity index is 610. The second-order valence-corrected chi connectivity index (χ2v) is 3.96.